The zero-order valence-corrected chi connectivity index (χ0v) is 12.5. The minimum atomic E-state index is -0.486. The molecule has 0 radical (unpaired) electrons. The van der Waals surface area contributed by atoms with Crippen LogP contribution in [0.15, 0.2) is 39.2 Å². The molecule has 21 heavy (non-hydrogen) atoms. The highest BCUT2D eigenvalue weighted by Gasteiger charge is 2.36. The quantitative estimate of drug-likeness (QED) is 0.638. The smallest absolute Gasteiger partial charge is 0.283 e. The number of hydrogen-bond acceptors (Lipinski definition) is 5. The Hall–Kier alpha value is -1.93. The molecule has 0 saturated heterocycles. The molecule has 1 aromatic carbocycles. The Labute approximate surface area is 128 Å². The van der Waals surface area contributed by atoms with Crippen LogP contribution in [0.25, 0.3) is 6.08 Å². The predicted molar refractivity (Wildman–Crippen MR) is 84.9 cm³/mol. The Kier molecular flexibility index (Phi) is 3.64. The fourth-order valence-electron chi connectivity index (χ4n) is 1.86. The zero-order valence-electron chi connectivity index (χ0n) is 10.8. The van der Waals surface area contributed by atoms with Crippen molar-refractivity contribution in [1.29, 1.82) is 5.41 Å². The van der Waals surface area contributed by atoms with Crippen LogP contribution in [-0.4, -0.2) is 33.2 Å². The highest BCUT2D eigenvalue weighted by Crippen LogP contribution is 2.30. The van der Waals surface area contributed by atoms with Gasteiger partial charge in [-0.2, -0.15) is 9.39 Å². The van der Waals surface area contributed by atoms with E-state index >= 15 is 0 Å². The molecule has 0 unspecified atom stereocenters. The Bertz CT molecular complexity index is 724. The Morgan fingerprint density at radius 1 is 1.38 bits per heavy atom. The maximum Gasteiger partial charge on any atom is 0.283 e. The number of thioether (sulfide) groups is 1. The molecule has 0 saturated carbocycles. The van der Waals surface area contributed by atoms with Crippen molar-refractivity contribution in [2.45, 2.75) is 0 Å². The maximum absolute atomic E-state index is 12.9. The van der Waals surface area contributed by atoms with Gasteiger partial charge in [0.2, 0.25) is 5.17 Å². The molecule has 8 heteroatoms. The van der Waals surface area contributed by atoms with Crippen LogP contribution in [-0.2, 0) is 4.79 Å². The van der Waals surface area contributed by atoms with E-state index in [1.165, 1.54) is 34.9 Å². The molecule has 2 aliphatic rings. The van der Waals surface area contributed by atoms with Gasteiger partial charge in [-0.15, -0.1) is 0 Å². The standard InChI is InChI=1S/C13H9FN4OS2/c1-20-13-17-21-12-16-11(19)9(10(15)18(12)13)6-7-2-4-8(14)5-3-7/h2-6,15H,1H3. The number of fused-ring (bicyclic) bond motifs is 1. The normalized spacial score (nSPS) is 19.7. The van der Waals surface area contributed by atoms with Crippen molar-refractivity contribution < 1.29 is 9.18 Å². The average molecular weight is 320 g/mol. The highest BCUT2D eigenvalue weighted by atomic mass is 32.2. The van der Waals surface area contributed by atoms with Crippen LogP contribution in [0.1, 0.15) is 5.56 Å². The number of carbonyl (C=O) groups is 1. The lowest BCUT2D eigenvalue weighted by molar-refractivity contribution is -0.114. The lowest BCUT2D eigenvalue weighted by Gasteiger charge is -2.23. The van der Waals surface area contributed by atoms with Crippen LogP contribution in [0.2, 0.25) is 0 Å². The SMILES string of the molecule is CSC1=NSC2=NC(=O)C(=Cc3ccc(F)cc3)C(=N)N12. The molecule has 5 nitrogen and oxygen atoms in total. The summed E-state index contributed by atoms with van der Waals surface area (Å²) in [6.07, 6.45) is 3.38. The van der Waals surface area contributed by atoms with Gasteiger partial charge < -0.3 is 0 Å². The van der Waals surface area contributed by atoms with E-state index in [0.717, 1.165) is 11.9 Å². The van der Waals surface area contributed by atoms with Crippen LogP contribution in [0.5, 0.6) is 0 Å². The topological polar surface area (TPSA) is 68.9 Å². The van der Waals surface area contributed by atoms with E-state index < -0.39 is 5.91 Å². The molecule has 1 aromatic rings. The molecule has 0 aliphatic carbocycles. The van der Waals surface area contributed by atoms with E-state index in [1.807, 2.05) is 6.26 Å². The van der Waals surface area contributed by atoms with Crippen molar-refractivity contribution in [1.82, 2.24) is 4.90 Å². The first kappa shape index (κ1) is 14.0. The van der Waals surface area contributed by atoms with Gasteiger partial charge >= 0.3 is 0 Å². The monoisotopic (exact) mass is 320 g/mol. The summed E-state index contributed by atoms with van der Waals surface area (Å²) in [6, 6.07) is 5.70. The second-order valence-corrected chi connectivity index (χ2v) is 5.67. The Balaban J connectivity index is 2.00. The summed E-state index contributed by atoms with van der Waals surface area (Å²) in [4.78, 5) is 17.5. The van der Waals surface area contributed by atoms with Gasteiger partial charge in [-0.25, -0.2) is 9.29 Å². The van der Waals surface area contributed by atoms with E-state index in [1.54, 1.807) is 12.1 Å². The van der Waals surface area contributed by atoms with Crippen LogP contribution in [0.3, 0.4) is 0 Å². The van der Waals surface area contributed by atoms with Crippen LogP contribution >= 0.6 is 23.7 Å². The third-order valence-electron chi connectivity index (χ3n) is 2.86. The van der Waals surface area contributed by atoms with Gasteiger partial charge in [0, 0.05) is 0 Å². The number of aliphatic imine (C=N–C) groups is 1. The number of rotatable bonds is 1. The van der Waals surface area contributed by atoms with Crippen molar-refractivity contribution in [2.24, 2.45) is 9.39 Å². The molecule has 3 rings (SSSR count). The summed E-state index contributed by atoms with van der Waals surface area (Å²) in [5.41, 5.74) is 0.798. The van der Waals surface area contributed by atoms with Gasteiger partial charge in [0.25, 0.3) is 5.91 Å². The molecule has 106 valence electrons. The minimum Gasteiger partial charge on any atom is -0.283 e. The summed E-state index contributed by atoms with van der Waals surface area (Å²) in [5.74, 6) is -0.802. The number of carbonyl (C=O) groups excluding carboxylic acids is 1. The summed E-state index contributed by atoms with van der Waals surface area (Å²) in [5, 5.41) is 9.21. The van der Waals surface area contributed by atoms with Gasteiger partial charge in [-0.1, -0.05) is 23.9 Å². The fraction of sp³-hybridized carbons (Fsp3) is 0.0769. The fourth-order valence-corrected chi connectivity index (χ4v) is 3.31. The second kappa shape index (κ2) is 5.45. The highest BCUT2D eigenvalue weighted by molar-refractivity contribution is 8.18. The minimum absolute atomic E-state index is 0.0347. The molecule has 0 bridgehead atoms. The van der Waals surface area contributed by atoms with Crippen molar-refractivity contribution in [2.75, 3.05) is 6.26 Å². The van der Waals surface area contributed by atoms with Gasteiger partial charge in [-0.3, -0.25) is 10.2 Å². The molecule has 0 spiro atoms. The molecule has 1 amide bonds. The molecule has 2 heterocycles. The van der Waals surface area contributed by atoms with Crippen LogP contribution < -0.4 is 0 Å². The van der Waals surface area contributed by atoms with Crippen molar-refractivity contribution >= 4 is 51.9 Å². The first-order valence-electron chi connectivity index (χ1n) is 5.88. The van der Waals surface area contributed by atoms with Crippen LogP contribution in [0.4, 0.5) is 4.39 Å². The van der Waals surface area contributed by atoms with Crippen molar-refractivity contribution in [3.8, 4) is 0 Å². The number of amidine groups is 3. The summed E-state index contributed by atoms with van der Waals surface area (Å²) in [6.45, 7) is 0. The number of nitrogens with zero attached hydrogens (tertiary/aromatic N) is 3. The van der Waals surface area contributed by atoms with Gasteiger partial charge in [0.15, 0.2) is 5.17 Å². The third kappa shape index (κ3) is 2.52. The molecule has 2 aliphatic heterocycles. The van der Waals surface area contributed by atoms with Crippen molar-refractivity contribution in [3.05, 3.63) is 41.2 Å². The number of nitrogens with one attached hydrogen (secondary N) is 1. The van der Waals surface area contributed by atoms with E-state index in [9.17, 15) is 9.18 Å². The molecule has 0 aromatic heterocycles. The maximum atomic E-state index is 12.9. The molecular weight excluding hydrogens is 311 g/mol. The lowest BCUT2D eigenvalue weighted by atomic mass is 10.1. The summed E-state index contributed by atoms with van der Waals surface area (Å²) in [7, 11) is 0. The largest absolute Gasteiger partial charge is 0.283 e. The van der Waals surface area contributed by atoms with E-state index in [2.05, 4.69) is 9.39 Å². The van der Waals surface area contributed by atoms with Crippen molar-refractivity contribution in [3.63, 3.8) is 0 Å². The number of amides is 1. The zero-order chi connectivity index (χ0) is 15.0. The predicted octanol–water partition coefficient (Wildman–Crippen LogP) is 2.77. The second-order valence-electron chi connectivity index (χ2n) is 4.16. The summed E-state index contributed by atoms with van der Waals surface area (Å²) < 4.78 is 17.1. The molecule has 0 atom stereocenters. The van der Waals surface area contributed by atoms with Gasteiger partial charge in [0.1, 0.15) is 11.7 Å². The van der Waals surface area contributed by atoms with Gasteiger partial charge in [-0.05, 0) is 30.0 Å². The third-order valence-corrected chi connectivity index (χ3v) is 4.31. The van der Waals surface area contributed by atoms with E-state index in [-0.39, 0.29) is 17.2 Å². The van der Waals surface area contributed by atoms with Crippen LogP contribution in [0, 0.1) is 11.2 Å². The number of hydrogen-bond donors (Lipinski definition) is 1. The van der Waals surface area contributed by atoms with Gasteiger partial charge in [0.05, 0.1) is 17.5 Å². The number of halogens is 1. The Morgan fingerprint density at radius 3 is 2.76 bits per heavy atom. The average Bonchev–Trinajstić information content (AvgIpc) is 2.88. The first-order chi connectivity index (χ1) is 10.1. The lowest BCUT2D eigenvalue weighted by Crippen LogP contribution is -2.41. The molecular formula is C13H9FN4OS2. The van der Waals surface area contributed by atoms with E-state index in [4.69, 9.17) is 5.41 Å². The molecule has 0 fully saturated rings. The molecule has 1 N–H and O–H groups in total. The summed E-state index contributed by atoms with van der Waals surface area (Å²) >= 11 is 2.46. The Morgan fingerprint density at radius 2 is 2.10 bits per heavy atom. The first-order valence-corrected chi connectivity index (χ1v) is 7.88. The number of benzene rings is 1. The van der Waals surface area contributed by atoms with E-state index in [0.29, 0.717) is 15.9 Å².